The van der Waals surface area contributed by atoms with Gasteiger partial charge >= 0.3 is 12.1 Å². The van der Waals surface area contributed by atoms with Crippen LogP contribution in [0, 0.1) is 5.82 Å². The molecule has 1 aromatic rings. The van der Waals surface area contributed by atoms with Crippen LogP contribution in [0.3, 0.4) is 0 Å². The van der Waals surface area contributed by atoms with Gasteiger partial charge in [0.05, 0.1) is 0 Å². The standard InChI is InChI=1S/C18H22FNO6/c1-18(2,3)26-17(24)20-8-4-5-13(20)16(23)25-10-15(22)11-6-7-12(19)14(21)9-11/h6-7,9,13,21H,4-5,8,10H2,1-3H3/t13-/m0/s1. The second kappa shape index (κ2) is 7.72. The number of esters is 1. The van der Waals surface area contributed by atoms with Crippen LogP contribution in [0.1, 0.15) is 44.0 Å². The first kappa shape index (κ1) is 19.7. The Balaban J connectivity index is 1.94. The molecule has 0 unspecified atom stereocenters. The number of phenols is 1. The van der Waals surface area contributed by atoms with Gasteiger partial charge in [0.1, 0.15) is 11.6 Å². The number of nitrogens with zero attached hydrogens (tertiary/aromatic N) is 1. The summed E-state index contributed by atoms with van der Waals surface area (Å²) < 4.78 is 23.3. The normalized spacial score (nSPS) is 17.1. The molecule has 142 valence electrons. The zero-order valence-corrected chi connectivity index (χ0v) is 15.0. The number of rotatable bonds is 4. The fourth-order valence-corrected chi connectivity index (χ4v) is 2.55. The zero-order valence-electron chi connectivity index (χ0n) is 15.0. The van der Waals surface area contributed by atoms with Gasteiger partial charge in [-0.25, -0.2) is 14.0 Å². The van der Waals surface area contributed by atoms with Crippen LogP contribution in [-0.4, -0.2) is 52.6 Å². The van der Waals surface area contributed by atoms with Crippen molar-refractivity contribution in [2.24, 2.45) is 0 Å². The molecule has 1 heterocycles. The van der Waals surface area contributed by atoms with Gasteiger partial charge in [0.15, 0.2) is 24.0 Å². The van der Waals surface area contributed by atoms with Crippen LogP contribution in [0.5, 0.6) is 5.75 Å². The molecular weight excluding hydrogens is 345 g/mol. The molecule has 1 aromatic carbocycles. The van der Waals surface area contributed by atoms with Gasteiger partial charge in [-0.05, 0) is 51.8 Å². The summed E-state index contributed by atoms with van der Waals surface area (Å²) in [6.07, 6.45) is 0.439. The molecular formula is C18H22FNO6. The summed E-state index contributed by atoms with van der Waals surface area (Å²) in [7, 11) is 0. The smallest absolute Gasteiger partial charge is 0.411 e. The molecule has 8 heteroatoms. The average molecular weight is 367 g/mol. The number of amides is 1. The molecule has 0 saturated carbocycles. The van der Waals surface area contributed by atoms with Crippen molar-refractivity contribution in [3.05, 3.63) is 29.6 Å². The van der Waals surface area contributed by atoms with E-state index in [1.54, 1.807) is 20.8 Å². The van der Waals surface area contributed by atoms with Crippen molar-refractivity contribution in [3.63, 3.8) is 0 Å². The highest BCUT2D eigenvalue weighted by molar-refractivity contribution is 5.98. The van der Waals surface area contributed by atoms with Crippen LogP contribution >= 0.6 is 0 Å². The maximum absolute atomic E-state index is 13.0. The lowest BCUT2D eigenvalue weighted by molar-refractivity contribution is -0.147. The number of carbonyl (C=O) groups is 3. The molecule has 1 N–H and O–H groups in total. The Morgan fingerprint density at radius 3 is 2.62 bits per heavy atom. The summed E-state index contributed by atoms with van der Waals surface area (Å²) in [5.74, 6) is -2.80. The van der Waals surface area contributed by atoms with E-state index in [1.165, 1.54) is 11.0 Å². The lowest BCUT2D eigenvalue weighted by Gasteiger charge is -2.27. The summed E-state index contributed by atoms with van der Waals surface area (Å²) in [5.41, 5.74) is -0.665. The third kappa shape index (κ3) is 4.93. The topological polar surface area (TPSA) is 93.1 Å². The van der Waals surface area contributed by atoms with E-state index < -0.39 is 47.7 Å². The summed E-state index contributed by atoms with van der Waals surface area (Å²) in [6.45, 7) is 4.98. The lowest BCUT2D eigenvalue weighted by atomic mass is 10.1. The van der Waals surface area contributed by atoms with Crippen molar-refractivity contribution in [1.82, 2.24) is 4.90 Å². The van der Waals surface area contributed by atoms with Crippen LogP contribution < -0.4 is 0 Å². The van der Waals surface area contributed by atoms with E-state index in [4.69, 9.17) is 9.47 Å². The molecule has 0 bridgehead atoms. The van der Waals surface area contributed by atoms with Gasteiger partial charge in [-0.2, -0.15) is 0 Å². The fraction of sp³-hybridized carbons (Fsp3) is 0.500. The third-order valence-electron chi connectivity index (χ3n) is 3.77. The van der Waals surface area contributed by atoms with E-state index >= 15 is 0 Å². The number of hydrogen-bond donors (Lipinski definition) is 1. The summed E-state index contributed by atoms with van der Waals surface area (Å²) in [4.78, 5) is 37.7. The average Bonchev–Trinajstić information content (AvgIpc) is 3.03. The Morgan fingerprint density at radius 1 is 1.31 bits per heavy atom. The molecule has 0 radical (unpaired) electrons. The quantitative estimate of drug-likeness (QED) is 0.650. The van der Waals surface area contributed by atoms with Gasteiger partial charge in [-0.1, -0.05) is 0 Å². The molecule has 1 saturated heterocycles. The number of ether oxygens (including phenoxy) is 2. The highest BCUT2D eigenvalue weighted by Crippen LogP contribution is 2.22. The molecule has 1 amide bonds. The highest BCUT2D eigenvalue weighted by Gasteiger charge is 2.37. The third-order valence-corrected chi connectivity index (χ3v) is 3.77. The van der Waals surface area contributed by atoms with Crippen LogP contribution in [0.4, 0.5) is 9.18 Å². The Labute approximate surface area is 150 Å². The van der Waals surface area contributed by atoms with Gasteiger partial charge in [0.25, 0.3) is 0 Å². The summed E-state index contributed by atoms with van der Waals surface area (Å²) >= 11 is 0. The molecule has 0 aliphatic carbocycles. The molecule has 0 spiro atoms. The summed E-state index contributed by atoms with van der Waals surface area (Å²) in [6, 6.07) is 2.30. The number of hydrogen-bond acceptors (Lipinski definition) is 6. The first-order chi connectivity index (χ1) is 12.1. The van der Waals surface area contributed by atoms with E-state index in [1.807, 2.05) is 0 Å². The van der Waals surface area contributed by atoms with Gasteiger partial charge in [-0.3, -0.25) is 9.69 Å². The van der Waals surface area contributed by atoms with Crippen molar-refractivity contribution >= 4 is 17.8 Å². The van der Waals surface area contributed by atoms with Crippen LogP contribution in [0.25, 0.3) is 0 Å². The molecule has 0 aromatic heterocycles. The second-order valence-corrected chi connectivity index (χ2v) is 7.03. The minimum atomic E-state index is -0.850. The summed E-state index contributed by atoms with van der Waals surface area (Å²) in [5, 5.41) is 9.29. The maximum Gasteiger partial charge on any atom is 0.411 e. The molecule has 1 atom stereocenters. The number of benzene rings is 1. The Bertz CT molecular complexity index is 712. The van der Waals surface area contributed by atoms with Crippen molar-refractivity contribution in [2.45, 2.75) is 45.3 Å². The maximum atomic E-state index is 13.0. The molecule has 1 aliphatic heterocycles. The fourth-order valence-electron chi connectivity index (χ4n) is 2.55. The highest BCUT2D eigenvalue weighted by atomic mass is 19.1. The van der Waals surface area contributed by atoms with Gasteiger partial charge < -0.3 is 14.6 Å². The molecule has 7 nitrogen and oxygen atoms in total. The Kier molecular flexibility index (Phi) is 5.84. The first-order valence-corrected chi connectivity index (χ1v) is 8.26. The molecule has 26 heavy (non-hydrogen) atoms. The minimum absolute atomic E-state index is 0.0205. The number of phenolic OH excluding ortho intramolecular Hbond substituents is 1. The van der Waals surface area contributed by atoms with Crippen molar-refractivity contribution in [2.75, 3.05) is 13.2 Å². The number of ketones is 1. The van der Waals surface area contributed by atoms with Crippen molar-refractivity contribution < 1.29 is 33.4 Å². The van der Waals surface area contributed by atoms with Crippen molar-refractivity contribution in [1.29, 1.82) is 0 Å². The number of Topliss-reactive ketones (excluding diaryl/α,β-unsaturated/α-hetero) is 1. The lowest BCUT2D eigenvalue weighted by Crippen LogP contribution is -2.44. The van der Waals surface area contributed by atoms with Gasteiger partial charge in [0, 0.05) is 12.1 Å². The Morgan fingerprint density at radius 2 is 2.00 bits per heavy atom. The SMILES string of the molecule is CC(C)(C)OC(=O)N1CCC[C@H]1C(=O)OCC(=O)c1ccc(F)c(O)c1. The number of halogens is 1. The zero-order chi connectivity index (χ0) is 19.5. The van der Waals surface area contributed by atoms with E-state index in [9.17, 15) is 23.9 Å². The van der Waals surface area contributed by atoms with Crippen LogP contribution in [0.15, 0.2) is 18.2 Å². The van der Waals surface area contributed by atoms with Crippen LogP contribution in [-0.2, 0) is 14.3 Å². The Hall–Kier alpha value is -2.64. The largest absolute Gasteiger partial charge is 0.505 e. The van der Waals surface area contributed by atoms with Crippen molar-refractivity contribution in [3.8, 4) is 5.75 Å². The first-order valence-electron chi connectivity index (χ1n) is 8.26. The van der Waals surface area contributed by atoms with E-state index in [0.29, 0.717) is 19.4 Å². The van der Waals surface area contributed by atoms with E-state index in [2.05, 4.69) is 0 Å². The molecule has 2 rings (SSSR count). The van der Waals surface area contributed by atoms with Crippen LogP contribution in [0.2, 0.25) is 0 Å². The number of likely N-dealkylation sites (tertiary alicyclic amines) is 1. The predicted molar refractivity (Wildman–Crippen MR) is 89.3 cm³/mol. The van der Waals surface area contributed by atoms with E-state index in [0.717, 1.165) is 12.1 Å². The molecule has 1 fully saturated rings. The minimum Gasteiger partial charge on any atom is -0.505 e. The monoisotopic (exact) mass is 367 g/mol. The predicted octanol–water partition coefficient (Wildman–Crippen LogP) is 2.66. The van der Waals surface area contributed by atoms with Gasteiger partial charge in [0.2, 0.25) is 0 Å². The number of carbonyl (C=O) groups excluding carboxylic acids is 3. The van der Waals surface area contributed by atoms with E-state index in [-0.39, 0.29) is 5.56 Å². The number of aromatic hydroxyl groups is 1. The van der Waals surface area contributed by atoms with Gasteiger partial charge in [-0.15, -0.1) is 0 Å². The molecule has 1 aliphatic rings. The second-order valence-electron chi connectivity index (χ2n) is 7.03.